The Morgan fingerprint density at radius 2 is 1.76 bits per heavy atom. The molecule has 0 aliphatic heterocycles. The lowest BCUT2D eigenvalue weighted by Crippen LogP contribution is -2.28. The smallest absolute Gasteiger partial charge is 0.251 e. The summed E-state index contributed by atoms with van der Waals surface area (Å²) >= 11 is 5.92. The van der Waals surface area contributed by atoms with Gasteiger partial charge in [-0.05, 0) is 75.2 Å². The summed E-state index contributed by atoms with van der Waals surface area (Å²) in [5, 5.41) is 3.80. The fraction of sp³-hybridized carbons (Fsp3) is 0.259. The van der Waals surface area contributed by atoms with E-state index in [0.29, 0.717) is 17.2 Å². The van der Waals surface area contributed by atoms with Crippen LogP contribution in [0.5, 0.6) is 5.75 Å². The van der Waals surface area contributed by atoms with E-state index < -0.39 is 0 Å². The molecular formula is C27H28ClN3O2. The van der Waals surface area contributed by atoms with E-state index >= 15 is 0 Å². The number of ether oxygens (including phenoxy) is 1. The van der Waals surface area contributed by atoms with Crippen molar-refractivity contribution in [2.24, 2.45) is 0 Å². The van der Waals surface area contributed by atoms with E-state index in [1.807, 2.05) is 80.6 Å². The third-order valence-corrected chi connectivity index (χ3v) is 5.84. The Labute approximate surface area is 199 Å². The summed E-state index contributed by atoms with van der Waals surface area (Å²) < 4.78 is 8.02. The molecule has 33 heavy (non-hydrogen) atoms. The molecule has 1 aromatic heterocycles. The molecule has 1 unspecified atom stereocenters. The third-order valence-electron chi connectivity index (χ3n) is 5.59. The molecular weight excluding hydrogens is 434 g/mol. The third kappa shape index (κ3) is 5.74. The van der Waals surface area contributed by atoms with Crippen molar-refractivity contribution in [2.75, 3.05) is 6.61 Å². The minimum Gasteiger partial charge on any atom is -0.494 e. The molecule has 170 valence electrons. The van der Waals surface area contributed by atoms with Gasteiger partial charge in [0.05, 0.1) is 23.7 Å². The van der Waals surface area contributed by atoms with Gasteiger partial charge >= 0.3 is 0 Å². The van der Waals surface area contributed by atoms with E-state index in [9.17, 15) is 4.79 Å². The number of carbonyl (C=O) groups is 1. The second-order valence-electron chi connectivity index (χ2n) is 8.18. The van der Waals surface area contributed by atoms with Crippen LogP contribution in [0.2, 0.25) is 5.02 Å². The number of aromatic nitrogens is 2. The molecule has 0 aliphatic carbocycles. The second kappa shape index (κ2) is 10.5. The monoisotopic (exact) mass is 461 g/mol. The molecule has 3 aromatic carbocycles. The van der Waals surface area contributed by atoms with Crippen molar-refractivity contribution < 1.29 is 9.53 Å². The molecule has 0 saturated carbocycles. The van der Waals surface area contributed by atoms with Gasteiger partial charge in [0.1, 0.15) is 11.6 Å². The topological polar surface area (TPSA) is 56.2 Å². The van der Waals surface area contributed by atoms with Crippen LogP contribution in [-0.2, 0) is 6.54 Å². The molecule has 0 spiro atoms. The average Bonchev–Trinajstić information content (AvgIpc) is 3.19. The fourth-order valence-electron chi connectivity index (χ4n) is 3.80. The number of fused-ring (bicyclic) bond motifs is 1. The van der Waals surface area contributed by atoms with Crippen LogP contribution in [0.3, 0.4) is 0 Å². The summed E-state index contributed by atoms with van der Waals surface area (Å²) in [4.78, 5) is 17.6. The van der Waals surface area contributed by atoms with Gasteiger partial charge in [-0.25, -0.2) is 4.98 Å². The molecule has 5 nitrogen and oxygen atoms in total. The molecule has 0 aliphatic rings. The summed E-state index contributed by atoms with van der Waals surface area (Å²) in [5.74, 6) is 1.58. The Hall–Kier alpha value is -3.31. The average molecular weight is 462 g/mol. The van der Waals surface area contributed by atoms with E-state index in [-0.39, 0.29) is 11.9 Å². The van der Waals surface area contributed by atoms with Crippen LogP contribution >= 0.6 is 11.6 Å². The van der Waals surface area contributed by atoms with Crippen LogP contribution in [0.4, 0.5) is 0 Å². The standard InChI is InChI=1S/C27H28ClN3O2/c1-19-9-11-21(12-10-19)27(32)29-20(2)26-30-24-7-3-4-8-25(24)31(26)17-5-6-18-33-23-15-13-22(28)14-16-23/h3-4,7-16,20H,5-6,17-18H2,1-2H3,(H,29,32). The van der Waals surface area contributed by atoms with Crippen LogP contribution in [0.25, 0.3) is 11.0 Å². The highest BCUT2D eigenvalue weighted by Gasteiger charge is 2.19. The van der Waals surface area contributed by atoms with Gasteiger partial charge in [0.15, 0.2) is 0 Å². The predicted molar refractivity (Wildman–Crippen MR) is 133 cm³/mol. The highest BCUT2D eigenvalue weighted by atomic mass is 35.5. The van der Waals surface area contributed by atoms with E-state index in [4.69, 9.17) is 21.3 Å². The molecule has 1 amide bonds. The number of imidazole rings is 1. The molecule has 0 saturated heterocycles. The number of hydrogen-bond acceptors (Lipinski definition) is 3. The summed E-state index contributed by atoms with van der Waals surface area (Å²) in [7, 11) is 0. The van der Waals surface area contributed by atoms with Crippen LogP contribution < -0.4 is 10.1 Å². The molecule has 0 bridgehead atoms. The zero-order valence-electron chi connectivity index (χ0n) is 18.9. The molecule has 4 rings (SSSR count). The second-order valence-corrected chi connectivity index (χ2v) is 8.62. The minimum absolute atomic E-state index is 0.0996. The van der Waals surface area contributed by atoms with E-state index in [1.165, 1.54) is 0 Å². The van der Waals surface area contributed by atoms with Crippen molar-refractivity contribution in [1.82, 2.24) is 14.9 Å². The number of hydrogen-bond donors (Lipinski definition) is 1. The van der Waals surface area contributed by atoms with Gasteiger partial charge in [0.2, 0.25) is 0 Å². The minimum atomic E-state index is -0.225. The number of rotatable bonds is 9. The maximum absolute atomic E-state index is 12.7. The molecule has 1 heterocycles. The number of nitrogens with zero attached hydrogens (tertiary/aromatic N) is 2. The highest BCUT2D eigenvalue weighted by molar-refractivity contribution is 6.30. The SMILES string of the molecule is Cc1ccc(C(=O)NC(C)c2nc3ccccc3n2CCCCOc2ccc(Cl)cc2)cc1. The lowest BCUT2D eigenvalue weighted by Gasteiger charge is -2.17. The number of para-hydroxylation sites is 2. The van der Waals surface area contributed by atoms with Gasteiger partial charge in [0, 0.05) is 17.1 Å². The molecule has 1 N–H and O–H groups in total. The number of nitrogens with one attached hydrogen (secondary N) is 1. The molecule has 0 fully saturated rings. The summed E-state index contributed by atoms with van der Waals surface area (Å²) in [6.45, 7) is 5.41. The lowest BCUT2D eigenvalue weighted by molar-refractivity contribution is 0.0937. The first kappa shape index (κ1) is 22.9. The van der Waals surface area contributed by atoms with Gasteiger partial charge in [0.25, 0.3) is 5.91 Å². The van der Waals surface area contributed by atoms with Crippen molar-refractivity contribution in [1.29, 1.82) is 0 Å². The lowest BCUT2D eigenvalue weighted by atomic mass is 10.1. The number of aryl methyl sites for hydroxylation is 2. The van der Waals surface area contributed by atoms with Crippen molar-refractivity contribution in [3.63, 3.8) is 0 Å². The number of unbranched alkanes of at least 4 members (excludes halogenated alkanes) is 1. The Morgan fingerprint density at radius 1 is 1.03 bits per heavy atom. The van der Waals surface area contributed by atoms with Crippen LogP contribution in [0.1, 0.15) is 47.6 Å². The van der Waals surface area contributed by atoms with Gasteiger partial charge in [-0.15, -0.1) is 0 Å². The fourth-order valence-corrected chi connectivity index (χ4v) is 3.93. The normalized spacial score (nSPS) is 12.0. The van der Waals surface area contributed by atoms with E-state index in [2.05, 4.69) is 16.0 Å². The zero-order chi connectivity index (χ0) is 23.2. The molecule has 0 radical (unpaired) electrons. The Morgan fingerprint density at radius 3 is 2.52 bits per heavy atom. The summed E-state index contributed by atoms with van der Waals surface area (Å²) in [6.07, 6.45) is 1.83. The first-order chi connectivity index (χ1) is 16.0. The quantitative estimate of drug-likeness (QED) is 0.295. The van der Waals surface area contributed by atoms with Crippen LogP contribution in [0.15, 0.2) is 72.8 Å². The summed E-state index contributed by atoms with van der Waals surface area (Å²) in [6, 6.07) is 22.9. The van der Waals surface area contributed by atoms with Gasteiger partial charge in [-0.1, -0.05) is 41.4 Å². The number of carbonyl (C=O) groups excluding carboxylic acids is 1. The van der Waals surface area contributed by atoms with Crippen LogP contribution in [-0.4, -0.2) is 22.1 Å². The highest BCUT2D eigenvalue weighted by Crippen LogP contribution is 2.22. The number of halogens is 1. The maximum atomic E-state index is 12.7. The van der Waals surface area contributed by atoms with Gasteiger partial charge in [-0.3, -0.25) is 4.79 Å². The first-order valence-corrected chi connectivity index (χ1v) is 11.6. The first-order valence-electron chi connectivity index (χ1n) is 11.2. The van der Waals surface area contributed by atoms with Crippen molar-refractivity contribution in [2.45, 2.75) is 39.3 Å². The number of amides is 1. The summed E-state index contributed by atoms with van der Waals surface area (Å²) in [5.41, 5.74) is 3.78. The predicted octanol–water partition coefficient (Wildman–Crippen LogP) is 6.35. The Bertz CT molecular complexity index is 1220. The van der Waals surface area contributed by atoms with Crippen LogP contribution in [0, 0.1) is 6.92 Å². The number of benzene rings is 3. The van der Waals surface area contributed by atoms with E-state index in [1.54, 1.807) is 0 Å². The van der Waals surface area contributed by atoms with Crippen molar-refractivity contribution >= 4 is 28.5 Å². The molecule has 4 aromatic rings. The largest absolute Gasteiger partial charge is 0.494 e. The van der Waals surface area contributed by atoms with Crippen molar-refractivity contribution in [3.05, 3.63) is 94.8 Å². The zero-order valence-corrected chi connectivity index (χ0v) is 19.7. The van der Waals surface area contributed by atoms with E-state index in [0.717, 1.165) is 47.6 Å². The van der Waals surface area contributed by atoms with Gasteiger partial charge < -0.3 is 14.6 Å². The molecule has 1 atom stereocenters. The maximum Gasteiger partial charge on any atom is 0.251 e. The van der Waals surface area contributed by atoms with Crippen molar-refractivity contribution in [3.8, 4) is 5.75 Å². The molecule has 6 heteroatoms. The Kier molecular flexibility index (Phi) is 7.30. The Balaban J connectivity index is 1.41. The van der Waals surface area contributed by atoms with Gasteiger partial charge in [-0.2, -0.15) is 0 Å².